The molecule has 9 heteroatoms. The Balaban J connectivity index is 2.12. The molecule has 0 aromatic carbocycles. The number of nitrogens with two attached hydrogens (primary N) is 1. The average molecular weight is 302 g/mol. The van der Waals surface area contributed by atoms with Gasteiger partial charge in [-0.2, -0.15) is 24.5 Å². The first-order chi connectivity index (χ1) is 9.38. The number of amides is 1. The second-order valence-corrected chi connectivity index (χ2v) is 4.56. The fraction of sp³-hybridized carbons (Fsp3) is 0.182. The first kappa shape index (κ1) is 14.3. The summed E-state index contributed by atoms with van der Waals surface area (Å²) in [7, 11) is 0. The van der Waals surface area contributed by atoms with Crippen LogP contribution in [0.25, 0.3) is 0 Å². The van der Waals surface area contributed by atoms with Crippen molar-refractivity contribution in [1.29, 1.82) is 0 Å². The summed E-state index contributed by atoms with van der Waals surface area (Å²) in [6.45, 7) is -0.0742. The van der Waals surface area contributed by atoms with Gasteiger partial charge in [0.25, 0.3) is 5.91 Å². The van der Waals surface area contributed by atoms with E-state index in [9.17, 15) is 18.0 Å². The molecule has 1 amide bonds. The van der Waals surface area contributed by atoms with Crippen molar-refractivity contribution in [2.75, 3.05) is 5.32 Å². The third-order valence-electron chi connectivity index (χ3n) is 2.39. The van der Waals surface area contributed by atoms with Crippen LogP contribution in [0, 0.1) is 0 Å². The number of alkyl halides is 3. The summed E-state index contributed by atoms with van der Waals surface area (Å²) in [5, 5.41) is 5.13. The Labute approximate surface area is 115 Å². The molecule has 2 aromatic heterocycles. The average Bonchev–Trinajstić information content (AvgIpc) is 2.85. The Morgan fingerprint density at radius 1 is 1.35 bits per heavy atom. The molecular weight excluding hydrogens is 293 g/mol. The zero-order chi connectivity index (χ0) is 14.8. The molecule has 0 radical (unpaired) electrons. The van der Waals surface area contributed by atoms with Gasteiger partial charge in [-0.25, -0.2) is 4.98 Å². The molecule has 0 unspecified atom stereocenters. The highest BCUT2D eigenvalue weighted by Crippen LogP contribution is 2.34. The van der Waals surface area contributed by atoms with Crippen molar-refractivity contribution in [2.24, 2.45) is 5.73 Å². The van der Waals surface area contributed by atoms with Gasteiger partial charge in [0.2, 0.25) is 0 Å². The van der Waals surface area contributed by atoms with Gasteiger partial charge in [0.1, 0.15) is 11.5 Å². The van der Waals surface area contributed by atoms with Gasteiger partial charge in [0.05, 0.1) is 18.0 Å². The van der Waals surface area contributed by atoms with E-state index in [1.54, 1.807) is 0 Å². The second kappa shape index (κ2) is 5.45. The number of carbonyl (C=O) groups is 1. The predicted molar refractivity (Wildman–Crippen MR) is 67.2 cm³/mol. The van der Waals surface area contributed by atoms with Crippen molar-refractivity contribution in [2.45, 2.75) is 12.7 Å². The number of aromatic nitrogens is 2. The zero-order valence-corrected chi connectivity index (χ0v) is 10.8. The molecule has 20 heavy (non-hydrogen) atoms. The molecule has 106 valence electrons. The Kier molecular flexibility index (Phi) is 3.89. The number of hydrogen-bond donors (Lipinski definition) is 2. The summed E-state index contributed by atoms with van der Waals surface area (Å²) in [6, 6.07) is 0. The summed E-state index contributed by atoms with van der Waals surface area (Å²) in [5.41, 5.74) is 4.40. The standard InChI is InChI=1S/C11H9F3N4OS/c12-11(13,14)7-5-20-4-6(7)1-17-9-3-16-2-8(18-9)10(15)19/h2-5H,1H2,(H2,15,19)(H,17,18). The topological polar surface area (TPSA) is 80.9 Å². The molecular formula is C11H9F3N4OS. The van der Waals surface area contributed by atoms with Gasteiger partial charge in [-0.15, -0.1) is 0 Å². The Morgan fingerprint density at radius 2 is 2.10 bits per heavy atom. The third-order valence-corrected chi connectivity index (χ3v) is 3.19. The number of nitrogens with zero attached hydrogens (tertiary/aromatic N) is 2. The molecule has 0 aliphatic rings. The maximum Gasteiger partial charge on any atom is 0.417 e. The lowest BCUT2D eigenvalue weighted by Crippen LogP contribution is -2.15. The molecule has 0 atom stereocenters. The second-order valence-electron chi connectivity index (χ2n) is 3.82. The van der Waals surface area contributed by atoms with Crippen LogP contribution in [0.15, 0.2) is 23.2 Å². The maximum atomic E-state index is 12.7. The Hall–Kier alpha value is -2.16. The van der Waals surface area contributed by atoms with Gasteiger partial charge in [-0.1, -0.05) is 0 Å². The summed E-state index contributed by atoms with van der Waals surface area (Å²) in [5.74, 6) is -0.576. The van der Waals surface area contributed by atoms with E-state index in [1.165, 1.54) is 17.8 Å². The first-order valence-electron chi connectivity index (χ1n) is 5.36. The molecule has 0 bridgehead atoms. The minimum Gasteiger partial charge on any atom is -0.365 e. The van der Waals surface area contributed by atoms with E-state index in [0.29, 0.717) is 0 Å². The summed E-state index contributed by atoms with van der Waals surface area (Å²) < 4.78 is 38.0. The molecule has 0 aliphatic heterocycles. The number of rotatable bonds is 4. The van der Waals surface area contributed by atoms with Gasteiger partial charge in [0, 0.05) is 11.9 Å². The lowest BCUT2D eigenvalue weighted by atomic mass is 10.2. The van der Waals surface area contributed by atoms with Crippen molar-refractivity contribution in [3.8, 4) is 0 Å². The Morgan fingerprint density at radius 3 is 2.75 bits per heavy atom. The van der Waals surface area contributed by atoms with Gasteiger partial charge < -0.3 is 11.1 Å². The molecule has 0 aliphatic carbocycles. The quantitative estimate of drug-likeness (QED) is 0.908. The Bertz CT molecular complexity index is 626. The molecule has 5 nitrogen and oxygen atoms in total. The molecule has 0 fully saturated rings. The van der Waals surface area contributed by atoms with Crippen LogP contribution in [0.5, 0.6) is 0 Å². The van der Waals surface area contributed by atoms with E-state index in [-0.39, 0.29) is 23.6 Å². The lowest BCUT2D eigenvalue weighted by molar-refractivity contribution is -0.137. The summed E-state index contributed by atoms with van der Waals surface area (Å²) >= 11 is 0.966. The number of primary amides is 1. The largest absolute Gasteiger partial charge is 0.417 e. The predicted octanol–water partition coefficient (Wildman–Crippen LogP) is 2.27. The van der Waals surface area contributed by atoms with Crippen LogP contribution in [0.3, 0.4) is 0 Å². The van der Waals surface area contributed by atoms with Gasteiger partial charge in [0.15, 0.2) is 0 Å². The fourth-order valence-corrected chi connectivity index (χ4v) is 2.33. The van der Waals surface area contributed by atoms with Crippen molar-refractivity contribution in [3.05, 3.63) is 40.0 Å². The van der Waals surface area contributed by atoms with Crippen LogP contribution in [0.4, 0.5) is 19.0 Å². The number of carbonyl (C=O) groups excluding carboxylic acids is 1. The molecule has 2 heterocycles. The maximum absolute atomic E-state index is 12.7. The zero-order valence-electron chi connectivity index (χ0n) is 9.94. The SMILES string of the molecule is NC(=O)c1cncc(NCc2cscc2C(F)(F)F)n1. The van der Waals surface area contributed by atoms with Gasteiger partial charge in [-0.3, -0.25) is 9.78 Å². The van der Waals surface area contributed by atoms with E-state index in [4.69, 9.17) is 5.73 Å². The van der Waals surface area contributed by atoms with Crippen molar-refractivity contribution >= 4 is 23.1 Å². The highest BCUT2D eigenvalue weighted by molar-refractivity contribution is 7.08. The molecule has 0 saturated heterocycles. The number of nitrogens with one attached hydrogen (secondary N) is 1. The smallest absolute Gasteiger partial charge is 0.365 e. The monoisotopic (exact) mass is 302 g/mol. The minimum atomic E-state index is -4.39. The van der Waals surface area contributed by atoms with E-state index in [2.05, 4.69) is 15.3 Å². The van der Waals surface area contributed by atoms with Crippen molar-refractivity contribution in [1.82, 2.24) is 9.97 Å². The minimum absolute atomic E-state index is 0.0589. The van der Waals surface area contributed by atoms with E-state index in [0.717, 1.165) is 16.7 Å². The third kappa shape index (κ3) is 3.23. The van der Waals surface area contributed by atoms with Crippen LogP contribution in [0.1, 0.15) is 21.6 Å². The summed E-state index contributed by atoms with van der Waals surface area (Å²) in [6.07, 6.45) is -1.91. The number of hydrogen-bond acceptors (Lipinski definition) is 5. The van der Waals surface area contributed by atoms with Crippen LogP contribution in [0.2, 0.25) is 0 Å². The summed E-state index contributed by atoms with van der Waals surface area (Å²) in [4.78, 5) is 18.5. The molecule has 0 saturated carbocycles. The van der Waals surface area contributed by atoms with Crippen molar-refractivity contribution in [3.63, 3.8) is 0 Å². The van der Waals surface area contributed by atoms with Crippen molar-refractivity contribution < 1.29 is 18.0 Å². The molecule has 3 N–H and O–H groups in total. The van der Waals surface area contributed by atoms with Crippen LogP contribution < -0.4 is 11.1 Å². The van der Waals surface area contributed by atoms with E-state index < -0.39 is 17.6 Å². The van der Waals surface area contributed by atoms with Gasteiger partial charge in [-0.05, 0) is 10.9 Å². The molecule has 2 aromatic rings. The fourth-order valence-electron chi connectivity index (χ4n) is 1.46. The van der Waals surface area contributed by atoms with Gasteiger partial charge >= 0.3 is 6.18 Å². The lowest BCUT2D eigenvalue weighted by Gasteiger charge is -2.09. The number of thiophene rings is 1. The highest BCUT2D eigenvalue weighted by Gasteiger charge is 2.33. The highest BCUT2D eigenvalue weighted by atomic mass is 32.1. The van der Waals surface area contributed by atoms with Crippen LogP contribution >= 0.6 is 11.3 Å². The van der Waals surface area contributed by atoms with Crippen LogP contribution in [-0.2, 0) is 12.7 Å². The number of halogens is 3. The van der Waals surface area contributed by atoms with E-state index >= 15 is 0 Å². The molecule has 0 spiro atoms. The number of anilines is 1. The first-order valence-corrected chi connectivity index (χ1v) is 6.30. The van der Waals surface area contributed by atoms with Crippen LogP contribution in [-0.4, -0.2) is 15.9 Å². The molecule has 2 rings (SSSR count). The van der Waals surface area contributed by atoms with E-state index in [1.807, 2.05) is 0 Å². The normalized spacial score (nSPS) is 11.3.